The summed E-state index contributed by atoms with van der Waals surface area (Å²) in [6.07, 6.45) is -0.507. The lowest BCUT2D eigenvalue weighted by Crippen LogP contribution is -2.36. The number of carbonyl (C=O) groups is 1. The molecule has 1 aliphatic rings. The molecule has 8 heteroatoms. The average molecular weight is 343 g/mol. The first-order valence-electron chi connectivity index (χ1n) is 7.20. The summed E-state index contributed by atoms with van der Waals surface area (Å²) in [6, 6.07) is 4.70. The van der Waals surface area contributed by atoms with E-state index in [0.717, 1.165) is 9.87 Å². The quantitative estimate of drug-likeness (QED) is 0.759. The molecule has 23 heavy (non-hydrogen) atoms. The molecule has 1 aromatic carbocycles. The molecule has 1 atom stereocenters. The number of ether oxygens (including phenoxy) is 2. The summed E-state index contributed by atoms with van der Waals surface area (Å²) in [4.78, 5) is 11.5. The van der Waals surface area contributed by atoms with Crippen LogP contribution in [0.15, 0.2) is 18.2 Å². The monoisotopic (exact) mass is 343 g/mol. The van der Waals surface area contributed by atoms with Gasteiger partial charge in [0.1, 0.15) is 11.5 Å². The Morgan fingerprint density at radius 1 is 1.35 bits per heavy atom. The highest BCUT2D eigenvalue weighted by molar-refractivity contribution is 7.84. The van der Waals surface area contributed by atoms with E-state index in [9.17, 15) is 13.2 Å². The van der Waals surface area contributed by atoms with Crippen LogP contribution in [-0.2, 0) is 25.3 Å². The molecule has 2 rings (SSSR count). The molecule has 0 radical (unpaired) electrons. The van der Waals surface area contributed by atoms with Crippen LogP contribution in [0, 0.1) is 0 Å². The lowest BCUT2D eigenvalue weighted by Gasteiger charge is -2.25. The summed E-state index contributed by atoms with van der Waals surface area (Å²) in [6.45, 7) is 5.42. The smallest absolute Gasteiger partial charge is 0.384 e. The number of fused-ring (bicyclic) bond motifs is 1. The Morgan fingerprint density at radius 2 is 2.00 bits per heavy atom. The van der Waals surface area contributed by atoms with Crippen molar-refractivity contribution in [3.05, 3.63) is 23.8 Å². The second-order valence-corrected chi connectivity index (χ2v) is 7.75. The molecule has 7 nitrogen and oxygen atoms in total. The maximum atomic E-state index is 11.8. The molecule has 0 saturated carbocycles. The van der Waals surface area contributed by atoms with Crippen LogP contribution in [0.2, 0.25) is 0 Å². The number of hydrogen-bond acceptors (Lipinski definition) is 6. The third kappa shape index (κ3) is 3.42. The second kappa shape index (κ2) is 6.01. The van der Waals surface area contributed by atoms with Gasteiger partial charge in [0, 0.05) is 26.1 Å². The molecule has 1 heterocycles. The van der Waals surface area contributed by atoms with Crippen molar-refractivity contribution < 1.29 is 26.9 Å². The molecule has 0 amide bonds. The molecular weight excluding hydrogens is 322 g/mol. The third-order valence-electron chi connectivity index (χ3n) is 3.64. The van der Waals surface area contributed by atoms with E-state index in [-0.39, 0.29) is 18.1 Å². The Labute approximate surface area is 136 Å². The molecule has 0 bridgehead atoms. The lowest BCUT2D eigenvalue weighted by atomic mass is 9.85. The molecule has 0 N–H and O–H groups in total. The van der Waals surface area contributed by atoms with Gasteiger partial charge in [-0.15, -0.1) is 0 Å². The van der Waals surface area contributed by atoms with Gasteiger partial charge in [-0.05, 0) is 32.0 Å². The Morgan fingerprint density at radius 3 is 2.57 bits per heavy atom. The third-order valence-corrected chi connectivity index (χ3v) is 4.94. The van der Waals surface area contributed by atoms with Crippen molar-refractivity contribution in [1.82, 2.24) is 4.31 Å². The highest BCUT2D eigenvalue weighted by atomic mass is 32.2. The van der Waals surface area contributed by atoms with Crippen LogP contribution in [-0.4, -0.2) is 39.1 Å². The molecule has 1 aliphatic heterocycles. The van der Waals surface area contributed by atoms with Gasteiger partial charge in [0.15, 0.2) is 0 Å². The van der Waals surface area contributed by atoms with Gasteiger partial charge in [-0.1, -0.05) is 6.92 Å². The number of nitrogens with zero attached hydrogens (tertiary/aromatic N) is 1. The maximum absolute atomic E-state index is 11.8. The van der Waals surface area contributed by atoms with E-state index in [1.165, 1.54) is 20.2 Å². The summed E-state index contributed by atoms with van der Waals surface area (Å²) in [5.74, 6) is 0.359. The van der Waals surface area contributed by atoms with E-state index >= 15 is 0 Å². The van der Waals surface area contributed by atoms with E-state index < -0.39 is 22.0 Å². The van der Waals surface area contributed by atoms with Crippen LogP contribution < -0.4 is 8.92 Å². The Balaban J connectivity index is 2.29. The predicted molar refractivity (Wildman–Crippen MR) is 83.5 cm³/mol. The minimum atomic E-state index is -3.84. The predicted octanol–water partition coefficient (Wildman–Crippen LogP) is 1.82. The van der Waals surface area contributed by atoms with E-state index in [4.69, 9.17) is 13.7 Å². The highest BCUT2D eigenvalue weighted by Gasteiger charge is 2.44. The minimum absolute atomic E-state index is 0.177. The Bertz CT molecular complexity index is 711. The minimum Gasteiger partial charge on any atom is -0.454 e. The van der Waals surface area contributed by atoms with Gasteiger partial charge < -0.3 is 13.7 Å². The summed E-state index contributed by atoms with van der Waals surface area (Å²) >= 11 is 0. The van der Waals surface area contributed by atoms with E-state index in [2.05, 4.69) is 0 Å². The fourth-order valence-corrected chi connectivity index (χ4v) is 2.62. The molecule has 1 unspecified atom stereocenters. The Hall–Kier alpha value is -1.80. The van der Waals surface area contributed by atoms with Crippen LogP contribution in [0.4, 0.5) is 0 Å². The van der Waals surface area contributed by atoms with Gasteiger partial charge in [0.2, 0.25) is 0 Å². The van der Waals surface area contributed by atoms with Crippen LogP contribution in [0.5, 0.6) is 11.5 Å². The zero-order valence-corrected chi connectivity index (χ0v) is 14.6. The van der Waals surface area contributed by atoms with Gasteiger partial charge in [0.25, 0.3) is 6.29 Å². The lowest BCUT2D eigenvalue weighted by molar-refractivity contribution is -0.168. The van der Waals surface area contributed by atoms with Crippen molar-refractivity contribution in [3.63, 3.8) is 0 Å². The van der Waals surface area contributed by atoms with Crippen LogP contribution in [0.1, 0.15) is 32.8 Å². The van der Waals surface area contributed by atoms with Crippen molar-refractivity contribution in [3.8, 4) is 11.5 Å². The van der Waals surface area contributed by atoms with Crippen LogP contribution in [0.3, 0.4) is 0 Å². The average Bonchev–Trinajstić information content (AvgIpc) is 2.70. The Kier molecular flexibility index (Phi) is 4.59. The fourth-order valence-electron chi connectivity index (χ4n) is 2.13. The van der Waals surface area contributed by atoms with Gasteiger partial charge >= 0.3 is 16.3 Å². The summed E-state index contributed by atoms with van der Waals surface area (Å²) < 4.78 is 40.6. The fraction of sp³-hybridized carbons (Fsp3) is 0.533. The van der Waals surface area contributed by atoms with Crippen molar-refractivity contribution >= 4 is 16.3 Å². The zero-order valence-electron chi connectivity index (χ0n) is 13.8. The number of hydrogen-bond donors (Lipinski definition) is 0. The second-order valence-electron chi connectivity index (χ2n) is 6.00. The van der Waals surface area contributed by atoms with Crippen molar-refractivity contribution in [2.45, 2.75) is 38.9 Å². The van der Waals surface area contributed by atoms with Crippen LogP contribution in [0.25, 0.3) is 0 Å². The first-order chi connectivity index (χ1) is 10.6. The van der Waals surface area contributed by atoms with Gasteiger partial charge in [-0.2, -0.15) is 12.7 Å². The van der Waals surface area contributed by atoms with E-state index in [0.29, 0.717) is 5.75 Å². The summed E-state index contributed by atoms with van der Waals surface area (Å²) in [5, 5.41) is 0. The first kappa shape index (κ1) is 17.6. The standard InChI is InChI=1S/C15H21NO6S/c1-6-13(17)21-14-15(2,3)11-9-10(7-8-12(11)20-14)22-23(18,19)16(4)5/h7-9,14H,6H2,1-5H3. The molecule has 0 aliphatic carbocycles. The molecular formula is C15H21NO6S. The summed E-state index contributed by atoms with van der Waals surface area (Å²) in [7, 11) is -1.07. The maximum Gasteiger partial charge on any atom is 0.384 e. The van der Waals surface area contributed by atoms with Crippen molar-refractivity contribution in [1.29, 1.82) is 0 Å². The highest BCUT2D eigenvalue weighted by Crippen LogP contribution is 2.45. The topological polar surface area (TPSA) is 82.1 Å². The van der Waals surface area contributed by atoms with Gasteiger partial charge in [0.05, 0.1) is 5.41 Å². The van der Waals surface area contributed by atoms with Crippen molar-refractivity contribution in [2.24, 2.45) is 0 Å². The number of rotatable bonds is 5. The van der Waals surface area contributed by atoms with Crippen molar-refractivity contribution in [2.75, 3.05) is 14.1 Å². The molecule has 1 aromatic rings. The van der Waals surface area contributed by atoms with E-state index in [1.807, 2.05) is 13.8 Å². The number of benzene rings is 1. The number of carbonyl (C=O) groups excluding carboxylic acids is 1. The largest absolute Gasteiger partial charge is 0.454 e. The number of esters is 1. The SMILES string of the molecule is CCC(=O)OC1Oc2ccc(OS(=O)(=O)N(C)C)cc2C1(C)C. The van der Waals surface area contributed by atoms with E-state index in [1.54, 1.807) is 19.1 Å². The zero-order chi connectivity index (χ0) is 17.4. The molecule has 0 fully saturated rings. The van der Waals surface area contributed by atoms with Gasteiger partial charge in [-0.3, -0.25) is 4.79 Å². The molecule has 0 saturated heterocycles. The summed E-state index contributed by atoms with van der Waals surface area (Å²) in [5.41, 5.74) is 0.0966. The van der Waals surface area contributed by atoms with Gasteiger partial charge in [-0.25, -0.2) is 0 Å². The molecule has 128 valence electrons. The van der Waals surface area contributed by atoms with Crippen LogP contribution >= 0.6 is 0 Å². The molecule has 0 aromatic heterocycles. The molecule has 0 spiro atoms. The normalized spacial score (nSPS) is 19.1. The first-order valence-corrected chi connectivity index (χ1v) is 8.57.